The molecule has 1 aliphatic rings. The lowest BCUT2D eigenvalue weighted by Gasteiger charge is -2.48. The maximum Gasteiger partial charge on any atom is 0.409 e. The number of alkyl halides is 1. The number of benzene rings is 2. The molecule has 2 aromatic carbocycles. The van der Waals surface area contributed by atoms with Gasteiger partial charge in [0.1, 0.15) is 0 Å². The van der Waals surface area contributed by atoms with Crippen LogP contribution in [0.1, 0.15) is 12.8 Å². The van der Waals surface area contributed by atoms with Gasteiger partial charge in [-0.05, 0) is 37.1 Å². The van der Waals surface area contributed by atoms with Gasteiger partial charge in [-0.2, -0.15) is 0 Å². The monoisotopic (exact) mass is 362 g/mol. The van der Waals surface area contributed by atoms with Gasteiger partial charge in [0.25, 0.3) is 0 Å². The number of carbonyl (C=O) groups is 1. The van der Waals surface area contributed by atoms with Gasteiger partial charge in [0.05, 0.1) is 5.38 Å². The highest BCUT2D eigenvalue weighted by Gasteiger charge is 2.49. The molecule has 2 N–H and O–H groups in total. The standard InChI is InChI=1S/C18H19ClN2O2S/c19-16-12-7-13-21(17(22)23)18(16,20-14-8-3-1-4-9-14)24-15-10-5-2-6-11-15/h1-6,8-11,16,20H,7,12-13H2,(H,22,23). The molecule has 4 nitrogen and oxygen atoms in total. The highest BCUT2D eigenvalue weighted by atomic mass is 35.5. The SMILES string of the molecule is O=C(O)N1CCCC(Cl)C1(Nc1ccccc1)Sc1ccccc1. The lowest BCUT2D eigenvalue weighted by molar-refractivity contribution is 0.105. The van der Waals surface area contributed by atoms with Crippen molar-refractivity contribution in [2.45, 2.75) is 28.1 Å². The number of rotatable bonds is 4. The number of amides is 1. The Labute approximate surface area is 150 Å². The van der Waals surface area contributed by atoms with Crippen LogP contribution < -0.4 is 5.32 Å². The summed E-state index contributed by atoms with van der Waals surface area (Å²) in [6.07, 6.45) is 0.547. The van der Waals surface area contributed by atoms with E-state index in [1.54, 1.807) is 0 Å². The number of halogens is 1. The van der Waals surface area contributed by atoms with E-state index in [9.17, 15) is 9.90 Å². The van der Waals surface area contributed by atoms with Gasteiger partial charge in [0, 0.05) is 17.1 Å². The van der Waals surface area contributed by atoms with Crippen molar-refractivity contribution >= 4 is 35.1 Å². The van der Waals surface area contributed by atoms with Crippen molar-refractivity contribution < 1.29 is 9.90 Å². The Morgan fingerprint density at radius 1 is 1.17 bits per heavy atom. The Balaban J connectivity index is 2.02. The molecule has 6 heteroatoms. The predicted octanol–water partition coefficient (Wildman–Crippen LogP) is 4.93. The van der Waals surface area contributed by atoms with Crippen LogP contribution >= 0.6 is 23.4 Å². The third-order valence-electron chi connectivity index (χ3n) is 4.01. The number of piperidine rings is 1. The molecule has 3 rings (SSSR count). The van der Waals surface area contributed by atoms with Crippen molar-refractivity contribution in [2.24, 2.45) is 0 Å². The number of anilines is 1. The minimum atomic E-state index is -0.966. The number of carboxylic acid groups (broad SMARTS) is 1. The Morgan fingerprint density at radius 3 is 2.42 bits per heavy atom. The number of thioether (sulfide) groups is 1. The minimum Gasteiger partial charge on any atom is -0.465 e. The highest BCUT2D eigenvalue weighted by Crippen LogP contribution is 2.45. The number of nitrogens with one attached hydrogen (secondary N) is 1. The van der Waals surface area contributed by atoms with Crippen LogP contribution in [0.5, 0.6) is 0 Å². The molecule has 0 bridgehead atoms. The first kappa shape index (κ1) is 17.0. The van der Waals surface area contributed by atoms with Crippen LogP contribution in [0.3, 0.4) is 0 Å². The van der Waals surface area contributed by atoms with Crippen LogP contribution in [0.15, 0.2) is 65.6 Å². The number of likely N-dealkylation sites (tertiary alicyclic amines) is 1. The fourth-order valence-corrected chi connectivity index (χ4v) is 4.69. The van der Waals surface area contributed by atoms with E-state index in [2.05, 4.69) is 5.32 Å². The second-order valence-electron chi connectivity index (χ2n) is 5.65. The highest BCUT2D eigenvalue weighted by molar-refractivity contribution is 8.00. The van der Waals surface area contributed by atoms with Gasteiger partial charge in [-0.15, -0.1) is 11.6 Å². The van der Waals surface area contributed by atoms with Crippen LogP contribution in [0.2, 0.25) is 0 Å². The molecule has 2 aromatic rings. The Bertz CT molecular complexity index is 642. The van der Waals surface area contributed by atoms with Gasteiger partial charge in [0.15, 0.2) is 4.99 Å². The number of hydrogen-bond donors (Lipinski definition) is 2. The first-order chi connectivity index (χ1) is 11.6. The van der Waals surface area contributed by atoms with Crippen molar-refractivity contribution in [1.82, 2.24) is 4.90 Å². The van der Waals surface area contributed by atoms with E-state index in [4.69, 9.17) is 11.6 Å². The molecule has 1 fully saturated rings. The molecule has 126 valence electrons. The molecule has 1 saturated heterocycles. The van der Waals surface area contributed by atoms with E-state index < -0.39 is 11.1 Å². The molecule has 2 unspecified atom stereocenters. The second kappa shape index (κ2) is 7.36. The van der Waals surface area contributed by atoms with Crippen molar-refractivity contribution in [3.63, 3.8) is 0 Å². The minimum absolute atomic E-state index is 0.354. The summed E-state index contributed by atoms with van der Waals surface area (Å²) in [5.41, 5.74) is 0.847. The normalized spacial score (nSPS) is 23.7. The molecule has 0 saturated carbocycles. The summed E-state index contributed by atoms with van der Waals surface area (Å²) in [5, 5.41) is 12.8. The molecule has 24 heavy (non-hydrogen) atoms. The molecule has 0 aliphatic carbocycles. The van der Waals surface area contributed by atoms with Gasteiger partial charge >= 0.3 is 6.09 Å². The summed E-state index contributed by atoms with van der Waals surface area (Å²) < 4.78 is 0. The molecule has 1 heterocycles. The first-order valence-electron chi connectivity index (χ1n) is 7.84. The lowest BCUT2D eigenvalue weighted by Crippen LogP contribution is -2.62. The summed E-state index contributed by atoms with van der Waals surface area (Å²) in [5.74, 6) is 0. The number of para-hydroxylation sites is 1. The molecule has 0 spiro atoms. The molecule has 2 atom stereocenters. The topological polar surface area (TPSA) is 52.6 Å². The third kappa shape index (κ3) is 3.47. The van der Waals surface area contributed by atoms with E-state index in [0.29, 0.717) is 6.54 Å². The van der Waals surface area contributed by atoms with Crippen LogP contribution in [-0.2, 0) is 0 Å². The van der Waals surface area contributed by atoms with Crippen LogP contribution in [0.25, 0.3) is 0 Å². The van der Waals surface area contributed by atoms with Crippen molar-refractivity contribution in [3.8, 4) is 0 Å². The van der Waals surface area contributed by atoms with Crippen LogP contribution in [0, 0.1) is 0 Å². The van der Waals surface area contributed by atoms with Gasteiger partial charge in [-0.25, -0.2) is 4.79 Å². The molecular formula is C18H19ClN2O2S. The Morgan fingerprint density at radius 2 is 1.79 bits per heavy atom. The average molecular weight is 363 g/mol. The van der Waals surface area contributed by atoms with E-state index in [1.807, 2.05) is 60.7 Å². The maximum absolute atomic E-state index is 11.9. The molecular weight excluding hydrogens is 344 g/mol. The van der Waals surface area contributed by atoms with Crippen molar-refractivity contribution in [3.05, 3.63) is 60.7 Å². The average Bonchev–Trinajstić information content (AvgIpc) is 2.59. The largest absolute Gasteiger partial charge is 0.465 e. The zero-order chi connectivity index (χ0) is 17.0. The van der Waals surface area contributed by atoms with E-state index in [1.165, 1.54) is 16.7 Å². The summed E-state index contributed by atoms with van der Waals surface area (Å²) >= 11 is 8.14. The first-order valence-corrected chi connectivity index (χ1v) is 9.09. The fraction of sp³-hybridized carbons (Fsp3) is 0.278. The van der Waals surface area contributed by atoms with Crippen LogP contribution in [0.4, 0.5) is 10.5 Å². The smallest absolute Gasteiger partial charge is 0.409 e. The Hall–Kier alpha value is -1.85. The molecule has 0 aromatic heterocycles. The van der Waals surface area contributed by atoms with Gasteiger partial charge in [-0.3, -0.25) is 4.90 Å². The van der Waals surface area contributed by atoms with Gasteiger partial charge in [-0.1, -0.05) is 48.2 Å². The molecule has 1 aliphatic heterocycles. The number of nitrogens with zero attached hydrogens (tertiary/aromatic N) is 1. The number of hydrogen-bond acceptors (Lipinski definition) is 3. The molecule has 0 radical (unpaired) electrons. The Kier molecular flexibility index (Phi) is 5.21. The van der Waals surface area contributed by atoms with Gasteiger partial charge in [0.2, 0.25) is 0 Å². The summed E-state index contributed by atoms with van der Waals surface area (Å²) in [6.45, 7) is 0.457. The van der Waals surface area contributed by atoms with Crippen LogP contribution in [-0.4, -0.2) is 33.0 Å². The maximum atomic E-state index is 11.9. The summed E-state index contributed by atoms with van der Waals surface area (Å²) in [6, 6.07) is 19.4. The van der Waals surface area contributed by atoms with Crippen molar-refractivity contribution in [1.29, 1.82) is 0 Å². The lowest BCUT2D eigenvalue weighted by atomic mass is 10.1. The fourth-order valence-electron chi connectivity index (χ4n) is 2.88. The predicted molar refractivity (Wildman–Crippen MR) is 98.7 cm³/mol. The van der Waals surface area contributed by atoms with E-state index in [-0.39, 0.29) is 5.38 Å². The van der Waals surface area contributed by atoms with E-state index >= 15 is 0 Å². The van der Waals surface area contributed by atoms with Gasteiger partial charge < -0.3 is 10.4 Å². The summed E-state index contributed by atoms with van der Waals surface area (Å²) in [7, 11) is 0. The zero-order valence-electron chi connectivity index (χ0n) is 13.1. The quantitative estimate of drug-likeness (QED) is 0.598. The second-order valence-corrected chi connectivity index (χ2v) is 7.47. The summed E-state index contributed by atoms with van der Waals surface area (Å²) in [4.78, 5) is 13.4. The third-order valence-corrected chi connectivity index (χ3v) is 6.10. The zero-order valence-corrected chi connectivity index (χ0v) is 14.6. The molecule has 1 amide bonds. The van der Waals surface area contributed by atoms with Crippen molar-refractivity contribution in [2.75, 3.05) is 11.9 Å². The van der Waals surface area contributed by atoms with E-state index in [0.717, 1.165) is 23.4 Å².